The van der Waals surface area contributed by atoms with Crippen LogP contribution in [0, 0.1) is 0 Å². The van der Waals surface area contributed by atoms with Gasteiger partial charge >= 0.3 is 0 Å². The number of nitrogens with one attached hydrogen (secondary N) is 1. The number of thiophene rings is 1. The fraction of sp³-hybridized carbons (Fsp3) is 0.312. The molecule has 0 saturated heterocycles. The number of rotatable bonds is 6. The average molecular weight is 288 g/mol. The zero-order valence-electron chi connectivity index (χ0n) is 11.9. The summed E-state index contributed by atoms with van der Waals surface area (Å²) in [5, 5.41) is 5.00. The second-order valence-corrected chi connectivity index (χ2v) is 5.91. The Morgan fingerprint density at radius 3 is 2.65 bits per heavy atom. The van der Waals surface area contributed by atoms with Crippen molar-refractivity contribution >= 4 is 17.2 Å². The Labute approximate surface area is 124 Å². The second kappa shape index (κ2) is 7.22. The second-order valence-electron chi connectivity index (χ2n) is 4.87. The highest BCUT2D eigenvalue weighted by molar-refractivity contribution is 7.09. The van der Waals surface area contributed by atoms with Gasteiger partial charge in [-0.25, -0.2) is 0 Å². The van der Waals surface area contributed by atoms with Crippen molar-refractivity contribution < 1.29 is 4.79 Å². The first kappa shape index (κ1) is 14.8. The lowest BCUT2D eigenvalue weighted by atomic mass is 10.2. The molecule has 106 valence electrons. The van der Waals surface area contributed by atoms with Crippen LogP contribution >= 0.6 is 11.3 Å². The Morgan fingerprint density at radius 2 is 2.00 bits per heavy atom. The molecule has 1 aromatic carbocycles. The molecule has 2 aromatic rings. The maximum atomic E-state index is 12.1. The minimum absolute atomic E-state index is 0.0665. The van der Waals surface area contributed by atoms with Crippen LogP contribution in [-0.4, -0.2) is 23.9 Å². The monoisotopic (exact) mass is 288 g/mol. The molecule has 0 aliphatic carbocycles. The van der Waals surface area contributed by atoms with Crippen molar-refractivity contribution in [1.82, 2.24) is 10.2 Å². The van der Waals surface area contributed by atoms with Crippen molar-refractivity contribution in [3.63, 3.8) is 0 Å². The maximum Gasteiger partial charge on any atom is 0.237 e. The molecule has 4 heteroatoms. The zero-order valence-corrected chi connectivity index (χ0v) is 12.7. The molecule has 1 N–H and O–H groups in total. The van der Waals surface area contributed by atoms with Crippen molar-refractivity contribution in [3.8, 4) is 0 Å². The summed E-state index contributed by atoms with van der Waals surface area (Å²) in [4.78, 5) is 15.4. The number of carbonyl (C=O) groups excluding carboxylic acids is 1. The zero-order chi connectivity index (χ0) is 14.4. The van der Waals surface area contributed by atoms with Crippen molar-refractivity contribution in [1.29, 1.82) is 0 Å². The van der Waals surface area contributed by atoms with E-state index in [9.17, 15) is 4.79 Å². The van der Waals surface area contributed by atoms with Crippen LogP contribution < -0.4 is 5.32 Å². The fourth-order valence-corrected chi connectivity index (χ4v) is 2.59. The summed E-state index contributed by atoms with van der Waals surface area (Å²) in [6.45, 7) is 3.32. The molecule has 0 fully saturated rings. The molecule has 2 rings (SSSR count). The van der Waals surface area contributed by atoms with Gasteiger partial charge in [0.25, 0.3) is 0 Å². The Balaban J connectivity index is 1.83. The van der Waals surface area contributed by atoms with Crippen LogP contribution in [0.4, 0.5) is 0 Å². The van der Waals surface area contributed by atoms with Gasteiger partial charge in [0.2, 0.25) is 5.91 Å². The summed E-state index contributed by atoms with van der Waals surface area (Å²) in [6.07, 6.45) is 0. The van der Waals surface area contributed by atoms with Crippen LogP contribution in [0.5, 0.6) is 0 Å². The molecule has 0 saturated carbocycles. The predicted octanol–water partition coefficient (Wildman–Crippen LogP) is 2.88. The minimum Gasteiger partial charge on any atom is -0.350 e. The lowest BCUT2D eigenvalue weighted by Gasteiger charge is -2.23. The fourth-order valence-electron chi connectivity index (χ4n) is 1.94. The van der Waals surface area contributed by atoms with Gasteiger partial charge in [-0.3, -0.25) is 9.69 Å². The predicted molar refractivity (Wildman–Crippen MR) is 83.5 cm³/mol. The molecule has 0 aliphatic heterocycles. The van der Waals surface area contributed by atoms with E-state index >= 15 is 0 Å². The van der Waals surface area contributed by atoms with E-state index in [0.29, 0.717) is 6.54 Å². The molecule has 1 heterocycles. The quantitative estimate of drug-likeness (QED) is 0.886. The standard InChI is InChI=1S/C16H20N2OS/c1-13(16(19)17-11-15-9-6-10-20-15)18(2)12-14-7-4-3-5-8-14/h3-10,13H,11-12H2,1-2H3,(H,17,19). The van der Waals surface area contributed by atoms with E-state index in [0.717, 1.165) is 6.54 Å². The summed E-state index contributed by atoms with van der Waals surface area (Å²) < 4.78 is 0. The van der Waals surface area contributed by atoms with Gasteiger partial charge in [-0.05, 0) is 31.0 Å². The Hall–Kier alpha value is -1.65. The van der Waals surface area contributed by atoms with Gasteiger partial charge in [-0.2, -0.15) is 0 Å². The van der Waals surface area contributed by atoms with Crippen LogP contribution in [0.3, 0.4) is 0 Å². The molecule has 3 nitrogen and oxygen atoms in total. The molecule has 1 amide bonds. The number of benzene rings is 1. The third kappa shape index (κ3) is 4.18. The van der Waals surface area contributed by atoms with Crippen LogP contribution in [0.1, 0.15) is 17.4 Å². The van der Waals surface area contributed by atoms with E-state index in [-0.39, 0.29) is 11.9 Å². The Morgan fingerprint density at radius 1 is 1.25 bits per heavy atom. The SMILES string of the molecule is CC(C(=O)NCc1cccs1)N(C)Cc1ccccc1. The van der Waals surface area contributed by atoms with Crippen molar-refractivity contribution in [2.24, 2.45) is 0 Å². The van der Waals surface area contributed by atoms with Crippen molar-refractivity contribution in [2.75, 3.05) is 7.05 Å². The van der Waals surface area contributed by atoms with Gasteiger partial charge < -0.3 is 5.32 Å². The number of amides is 1. The average Bonchev–Trinajstić information content (AvgIpc) is 2.98. The normalized spacial score (nSPS) is 12.3. The van der Waals surface area contributed by atoms with Gasteiger partial charge in [-0.1, -0.05) is 36.4 Å². The van der Waals surface area contributed by atoms with E-state index in [1.807, 2.05) is 49.7 Å². The lowest BCUT2D eigenvalue weighted by molar-refractivity contribution is -0.125. The number of hydrogen-bond donors (Lipinski definition) is 1. The van der Waals surface area contributed by atoms with Gasteiger partial charge in [0.15, 0.2) is 0 Å². The highest BCUT2D eigenvalue weighted by Crippen LogP contribution is 2.09. The van der Waals surface area contributed by atoms with Crippen molar-refractivity contribution in [3.05, 3.63) is 58.3 Å². The Kier molecular flexibility index (Phi) is 5.32. The van der Waals surface area contributed by atoms with Gasteiger partial charge in [0, 0.05) is 11.4 Å². The first-order valence-electron chi connectivity index (χ1n) is 6.71. The third-order valence-electron chi connectivity index (χ3n) is 3.33. The maximum absolute atomic E-state index is 12.1. The summed E-state index contributed by atoms with van der Waals surface area (Å²) in [7, 11) is 1.97. The molecule has 0 aliphatic rings. The summed E-state index contributed by atoms with van der Waals surface area (Å²) in [5.74, 6) is 0.0665. The molecule has 0 spiro atoms. The molecule has 20 heavy (non-hydrogen) atoms. The van der Waals surface area contributed by atoms with E-state index in [2.05, 4.69) is 22.3 Å². The number of nitrogens with zero attached hydrogens (tertiary/aromatic N) is 1. The van der Waals surface area contributed by atoms with E-state index < -0.39 is 0 Å². The first-order chi connectivity index (χ1) is 9.66. The van der Waals surface area contributed by atoms with Crippen molar-refractivity contribution in [2.45, 2.75) is 26.1 Å². The topological polar surface area (TPSA) is 32.3 Å². The summed E-state index contributed by atoms with van der Waals surface area (Å²) in [6, 6.07) is 14.1. The molecular weight excluding hydrogens is 268 g/mol. The van der Waals surface area contributed by atoms with Crippen LogP contribution in [0.25, 0.3) is 0 Å². The highest BCUT2D eigenvalue weighted by Gasteiger charge is 2.17. The summed E-state index contributed by atoms with van der Waals surface area (Å²) >= 11 is 1.66. The molecule has 1 unspecified atom stereocenters. The number of carbonyl (C=O) groups is 1. The van der Waals surface area contributed by atoms with E-state index in [4.69, 9.17) is 0 Å². The molecule has 1 aromatic heterocycles. The van der Waals surface area contributed by atoms with E-state index in [1.54, 1.807) is 11.3 Å². The molecule has 0 radical (unpaired) electrons. The highest BCUT2D eigenvalue weighted by atomic mass is 32.1. The minimum atomic E-state index is -0.143. The smallest absolute Gasteiger partial charge is 0.237 e. The van der Waals surface area contributed by atoms with Crippen LogP contribution in [0.15, 0.2) is 47.8 Å². The van der Waals surface area contributed by atoms with Crippen LogP contribution in [-0.2, 0) is 17.9 Å². The third-order valence-corrected chi connectivity index (χ3v) is 4.21. The van der Waals surface area contributed by atoms with Gasteiger partial charge in [0.1, 0.15) is 0 Å². The Bertz CT molecular complexity index is 525. The number of likely N-dealkylation sites (N-methyl/N-ethyl adjacent to an activating group) is 1. The lowest BCUT2D eigenvalue weighted by Crippen LogP contribution is -2.42. The first-order valence-corrected chi connectivity index (χ1v) is 7.59. The van der Waals surface area contributed by atoms with Gasteiger partial charge in [-0.15, -0.1) is 11.3 Å². The molecule has 1 atom stereocenters. The largest absolute Gasteiger partial charge is 0.350 e. The van der Waals surface area contributed by atoms with Gasteiger partial charge in [0.05, 0.1) is 12.6 Å². The van der Waals surface area contributed by atoms with Crippen LogP contribution in [0.2, 0.25) is 0 Å². The summed E-state index contributed by atoms with van der Waals surface area (Å²) in [5.41, 5.74) is 1.22. The molecular formula is C16H20N2OS. The van der Waals surface area contributed by atoms with E-state index in [1.165, 1.54) is 10.4 Å². The molecule has 0 bridgehead atoms. The number of hydrogen-bond acceptors (Lipinski definition) is 3.